The van der Waals surface area contributed by atoms with E-state index in [1.54, 1.807) is 34.1 Å². The Kier molecular flexibility index (Phi) is 8.73. The number of amides is 3. The number of halogens is 1. The highest BCUT2D eigenvalue weighted by Gasteiger charge is 2.44. The van der Waals surface area contributed by atoms with Crippen molar-refractivity contribution in [3.63, 3.8) is 0 Å². The molecule has 1 aliphatic carbocycles. The molecule has 1 unspecified atom stereocenters. The summed E-state index contributed by atoms with van der Waals surface area (Å²) in [6, 6.07) is 8.25. The summed E-state index contributed by atoms with van der Waals surface area (Å²) in [6.07, 6.45) is 7.85. The Hall–Kier alpha value is -4.45. The molecule has 4 aromatic rings. The second kappa shape index (κ2) is 12.7. The van der Waals surface area contributed by atoms with E-state index >= 15 is 0 Å². The second-order valence-corrected chi connectivity index (χ2v) is 13.2. The topological polar surface area (TPSA) is 135 Å². The molecule has 46 heavy (non-hydrogen) atoms. The van der Waals surface area contributed by atoms with Gasteiger partial charge < -0.3 is 15.5 Å². The molecular weight excluding hydrogens is 648 g/mol. The summed E-state index contributed by atoms with van der Waals surface area (Å²) in [5.41, 5.74) is 3.31. The Morgan fingerprint density at radius 3 is 2.54 bits per heavy atom. The fraction of sp³-hybridized carbons (Fsp3) is 0.382. The fourth-order valence-electron chi connectivity index (χ4n) is 6.23. The molecule has 2 fully saturated rings. The lowest BCUT2D eigenvalue weighted by molar-refractivity contribution is -0.138. The maximum atomic E-state index is 14.1. The molecule has 3 aromatic heterocycles. The summed E-state index contributed by atoms with van der Waals surface area (Å²) < 4.78 is 2.15. The van der Waals surface area contributed by atoms with Gasteiger partial charge in [-0.25, -0.2) is 15.0 Å². The van der Waals surface area contributed by atoms with Crippen LogP contribution in [-0.4, -0.2) is 65.5 Å². The van der Waals surface area contributed by atoms with Crippen LogP contribution in [-0.2, 0) is 16.1 Å². The van der Waals surface area contributed by atoms with Crippen LogP contribution < -0.4 is 10.6 Å². The van der Waals surface area contributed by atoms with Gasteiger partial charge in [-0.15, -0.1) is 6.58 Å². The first-order chi connectivity index (χ1) is 22.0. The van der Waals surface area contributed by atoms with Crippen molar-refractivity contribution < 1.29 is 14.4 Å². The number of aryl methyl sites for hydroxylation is 2. The zero-order valence-electron chi connectivity index (χ0n) is 26.3. The molecule has 1 saturated carbocycles. The Morgan fingerprint density at radius 1 is 1.11 bits per heavy atom. The zero-order chi connectivity index (χ0) is 32.7. The van der Waals surface area contributed by atoms with Gasteiger partial charge in [0.1, 0.15) is 28.8 Å². The summed E-state index contributed by atoms with van der Waals surface area (Å²) in [5.74, 6) is 0.661. The number of pyridine rings is 1. The van der Waals surface area contributed by atoms with Crippen LogP contribution in [0, 0.1) is 25.7 Å². The summed E-state index contributed by atoms with van der Waals surface area (Å²) in [4.78, 5) is 56.0. The number of hydrogen-bond acceptors (Lipinski definition) is 7. The molecule has 1 saturated heterocycles. The van der Waals surface area contributed by atoms with E-state index in [9.17, 15) is 14.4 Å². The van der Waals surface area contributed by atoms with Crippen LogP contribution in [0.1, 0.15) is 55.0 Å². The van der Waals surface area contributed by atoms with Crippen LogP contribution >= 0.6 is 15.9 Å². The van der Waals surface area contributed by atoms with Gasteiger partial charge in [-0.05, 0) is 97.1 Å². The number of likely N-dealkylation sites (tertiary alicyclic amines) is 1. The lowest BCUT2D eigenvalue weighted by Crippen LogP contribution is -2.48. The highest BCUT2D eigenvalue weighted by molar-refractivity contribution is 9.10. The van der Waals surface area contributed by atoms with Crippen LogP contribution in [0.5, 0.6) is 0 Å². The van der Waals surface area contributed by atoms with Crippen molar-refractivity contribution in [2.24, 2.45) is 11.8 Å². The van der Waals surface area contributed by atoms with Gasteiger partial charge in [-0.1, -0.05) is 25.1 Å². The lowest BCUT2D eigenvalue weighted by Gasteiger charge is -2.29. The molecule has 238 valence electrons. The quantitative estimate of drug-likeness (QED) is 0.182. The molecule has 12 heteroatoms. The molecular formula is C34H37BrN8O3. The fourth-order valence-corrected chi connectivity index (χ4v) is 6.54. The van der Waals surface area contributed by atoms with Crippen molar-refractivity contribution in [1.29, 1.82) is 0 Å². The third-order valence-corrected chi connectivity index (χ3v) is 9.47. The van der Waals surface area contributed by atoms with Crippen molar-refractivity contribution in [2.75, 3.05) is 5.32 Å². The molecule has 0 radical (unpaired) electrons. The first-order valence-corrected chi connectivity index (χ1v) is 16.3. The Bertz CT molecular complexity index is 1830. The number of hydrogen-bond donors (Lipinski definition) is 2. The van der Waals surface area contributed by atoms with Crippen LogP contribution in [0.15, 0.2) is 60.0 Å². The SMILES string of the molecule is C=C[C@@H]1[C@@H](C)C[C@@H](C(=O)Nc2nc(Br)ccc2C)N1C(=O)Cn1nc(C(=O)NC(C)C2CC2)c2cc(-c3cnc(C)nc3)ccc21. The minimum atomic E-state index is -0.734. The number of nitrogens with one attached hydrogen (secondary N) is 2. The predicted octanol–water partition coefficient (Wildman–Crippen LogP) is 5.23. The number of anilines is 1. The van der Waals surface area contributed by atoms with E-state index < -0.39 is 6.04 Å². The highest BCUT2D eigenvalue weighted by atomic mass is 79.9. The average Bonchev–Trinajstić information content (AvgIpc) is 3.75. The maximum Gasteiger partial charge on any atom is 0.272 e. The third kappa shape index (κ3) is 6.31. The first kappa shape index (κ1) is 31.5. The maximum absolute atomic E-state index is 14.1. The first-order valence-electron chi connectivity index (χ1n) is 15.5. The van der Waals surface area contributed by atoms with Gasteiger partial charge in [-0.2, -0.15) is 5.10 Å². The standard InChI is InChI=1S/C34H37BrN8O3/c1-6-26-19(3)13-28(33(45)40-32-18(2)7-12-29(35)39-32)43(26)30(44)17-42-27-11-10-23(24-15-36-21(5)37-16-24)14-25(27)31(41-42)34(46)38-20(4)22-8-9-22/h6-7,10-12,14-16,19-20,22,26,28H,1,8-9,13,17H2,2-5H3,(H,38,46)(H,39,40,45)/t19-,20?,26+,28-/m0/s1. The number of benzene rings is 1. The summed E-state index contributed by atoms with van der Waals surface area (Å²) in [6.45, 7) is 11.5. The zero-order valence-corrected chi connectivity index (χ0v) is 27.9. The van der Waals surface area contributed by atoms with E-state index in [2.05, 4.69) is 48.1 Å². The van der Waals surface area contributed by atoms with Crippen molar-refractivity contribution in [1.82, 2.24) is 34.9 Å². The molecule has 0 spiro atoms. The smallest absolute Gasteiger partial charge is 0.272 e. The normalized spacial score (nSPS) is 20.0. The second-order valence-electron chi connectivity index (χ2n) is 12.4. The molecule has 1 aliphatic heterocycles. The Morgan fingerprint density at radius 2 is 1.85 bits per heavy atom. The molecule has 4 atom stereocenters. The minimum Gasteiger partial charge on any atom is -0.348 e. The van der Waals surface area contributed by atoms with Gasteiger partial charge in [0.15, 0.2) is 5.69 Å². The number of carbonyl (C=O) groups excluding carboxylic acids is 3. The van der Waals surface area contributed by atoms with Gasteiger partial charge in [-0.3, -0.25) is 19.1 Å². The van der Waals surface area contributed by atoms with Gasteiger partial charge in [0, 0.05) is 29.4 Å². The van der Waals surface area contributed by atoms with Gasteiger partial charge in [0.25, 0.3) is 5.91 Å². The van der Waals surface area contributed by atoms with Crippen molar-refractivity contribution in [3.05, 3.63) is 77.1 Å². The molecule has 4 heterocycles. The van der Waals surface area contributed by atoms with Gasteiger partial charge in [0.2, 0.25) is 11.8 Å². The third-order valence-electron chi connectivity index (χ3n) is 9.02. The van der Waals surface area contributed by atoms with E-state index in [4.69, 9.17) is 5.10 Å². The largest absolute Gasteiger partial charge is 0.348 e. The average molecular weight is 686 g/mol. The number of fused-ring (bicyclic) bond motifs is 1. The number of rotatable bonds is 9. The van der Waals surface area contributed by atoms with Crippen LogP contribution in [0.2, 0.25) is 0 Å². The number of aromatic nitrogens is 5. The molecule has 2 N–H and O–H groups in total. The Labute approximate surface area is 276 Å². The lowest BCUT2D eigenvalue weighted by atomic mass is 10.0. The van der Waals surface area contributed by atoms with E-state index in [0.717, 1.165) is 29.5 Å². The van der Waals surface area contributed by atoms with Crippen molar-refractivity contribution >= 4 is 50.4 Å². The monoisotopic (exact) mass is 684 g/mol. The van der Waals surface area contributed by atoms with E-state index in [1.165, 1.54) is 0 Å². The molecule has 6 rings (SSSR count). The van der Waals surface area contributed by atoms with Crippen LogP contribution in [0.3, 0.4) is 0 Å². The molecule has 2 aliphatic rings. The van der Waals surface area contributed by atoms with Gasteiger partial charge in [0.05, 0.1) is 11.6 Å². The van der Waals surface area contributed by atoms with Crippen LogP contribution in [0.4, 0.5) is 5.82 Å². The van der Waals surface area contributed by atoms with E-state index in [1.807, 2.05) is 52.0 Å². The molecule has 3 amide bonds. The van der Waals surface area contributed by atoms with E-state index in [-0.39, 0.29) is 48.0 Å². The number of nitrogens with zero attached hydrogens (tertiary/aromatic N) is 6. The van der Waals surface area contributed by atoms with Crippen molar-refractivity contribution in [2.45, 2.75) is 71.6 Å². The number of carbonyl (C=O) groups is 3. The van der Waals surface area contributed by atoms with Crippen molar-refractivity contribution in [3.8, 4) is 11.1 Å². The van der Waals surface area contributed by atoms with E-state index in [0.29, 0.717) is 39.5 Å². The summed E-state index contributed by atoms with van der Waals surface area (Å²) in [7, 11) is 0. The molecule has 1 aromatic carbocycles. The summed E-state index contributed by atoms with van der Waals surface area (Å²) >= 11 is 3.36. The predicted molar refractivity (Wildman–Crippen MR) is 179 cm³/mol. The van der Waals surface area contributed by atoms with Crippen LogP contribution in [0.25, 0.3) is 22.0 Å². The Balaban J connectivity index is 1.33. The molecule has 11 nitrogen and oxygen atoms in total. The molecule has 0 bridgehead atoms. The summed E-state index contributed by atoms with van der Waals surface area (Å²) in [5, 5.41) is 11.3. The highest BCUT2D eigenvalue weighted by Crippen LogP contribution is 2.34. The van der Waals surface area contributed by atoms with Gasteiger partial charge >= 0.3 is 0 Å². The minimum absolute atomic E-state index is 0.00710.